The second-order valence-corrected chi connectivity index (χ2v) is 9.67. The molecule has 4 rings (SSSR count). The first-order chi connectivity index (χ1) is 18.9. The number of anilines is 1. The van der Waals surface area contributed by atoms with Crippen molar-refractivity contribution in [2.75, 3.05) is 44.8 Å². The number of hydrogen-bond donors (Lipinski definition) is 2. The average molecular weight is 579 g/mol. The lowest BCUT2D eigenvalue weighted by molar-refractivity contribution is -0.139. The van der Waals surface area contributed by atoms with E-state index in [0.717, 1.165) is 18.6 Å². The first kappa shape index (κ1) is 29.7. The van der Waals surface area contributed by atoms with Gasteiger partial charge in [0, 0.05) is 43.9 Å². The summed E-state index contributed by atoms with van der Waals surface area (Å²) < 4.78 is 89.6. The number of alkyl halides is 6. The van der Waals surface area contributed by atoms with Gasteiger partial charge >= 0.3 is 12.4 Å². The maximum absolute atomic E-state index is 13.5. The van der Waals surface area contributed by atoms with Crippen molar-refractivity contribution in [3.8, 4) is 0 Å². The van der Waals surface area contributed by atoms with Crippen LogP contribution in [-0.4, -0.2) is 76.5 Å². The van der Waals surface area contributed by atoms with Gasteiger partial charge in [-0.1, -0.05) is 0 Å². The molecule has 0 saturated carbocycles. The summed E-state index contributed by atoms with van der Waals surface area (Å²) in [5.74, 6) is -0.215. The first-order valence-corrected chi connectivity index (χ1v) is 12.7. The first-order valence-electron chi connectivity index (χ1n) is 12.7. The number of H-pyrrole nitrogens is 1. The molecule has 16 heteroatoms. The van der Waals surface area contributed by atoms with E-state index < -0.39 is 40.8 Å². The van der Waals surface area contributed by atoms with Crippen LogP contribution in [-0.2, 0) is 26.6 Å². The second-order valence-electron chi connectivity index (χ2n) is 9.67. The van der Waals surface area contributed by atoms with Crippen LogP contribution < -0.4 is 10.9 Å². The lowest BCUT2D eigenvalue weighted by Gasteiger charge is -2.31. The maximum atomic E-state index is 13.5. The number of nitrogens with zero attached hydrogens (tertiary/aromatic N) is 4. The van der Waals surface area contributed by atoms with Crippen molar-refractivity contribution >= 4 is 11.6 Å². The van der Waals surface area contributed by atoms with Gasteiger partial charge in [-0.3, -0.25) is 9.59 Å². The van der Waals surface area contributed by atoms with Crippen molar-refractivity contribution in [3.05, 3.63) is 45.9 Å². The molecule has 2 aliphatic rings. The number of halogens is 6. The van der Waals surface area contributed by atoms with Crippen molar-refractivity contribution in [1.82, 2.24) is 25.1 Å². The lowest BCUT2D eigenvalue weighted by atomic mass is 9.95. The van der Waals surface area contributed by atoms with Crippen LogP contribution in [0.15, 0.2) is 23.4 Å². The van der Waals surface area contributed by atoms with Crippen molar-refractivity contribution in [2.24, 2.45) is 5.92 Å². The Morgan fingerprint density at radius 2 is 1.80 bits per heavy atom. The number of amides is 1. The van der Waals surface area contributed by atoms with Crippen LogP contribution in [0.2, 0.25) is 0 Å². The zero-order valence-electron chi connectivity index (χ0n) is 21.2. The van der Waals surface area contributed by atoms with E-state index in [2.05, 4.69) is 20.4 Å². The predicted molar refractivity (Wildman–Crippen MR) is 127 cm³/mol. The Hall–Kier alpha value is -3.27. The van der Waals surface area contributed by atoms with E-state index in [1.807, 2.05) is 0 Å². The molecule has 0 unspecified atom stereocenters. The number of likely N-dealkylation sites (tertiary alicyclic amines) is 1. The standard InChI is InChI=1S/C24H28F6N6O4/c25-23(26,27)16-9-31-21(32-10-16)14-1-5-36(6-2-14)19(37)4-8-40-13-18(15-3-7-39-12-15)34-17-11-33-35-22(38)20(17)24(28,29)30/h9-11,14-15,18H,1-8,12-13H2,(H2,34,35,38)/t15-,18+/m0/s1. The number of aromatic nitrogens is 4. The molecule has 4 heterocycles. The summed E-state index contributed by atoms with van der Waals surface area (Å²) in [4.78, 5) is 33.8. The fourth-order valence-corrected chi connectivity index (χ4v) is 4.76. The van der Waals surface area contributed by atoms with Gasteiger partial charge in [-0.25, -0.2) is 15.1 Å². The molecule has 40 heavy (non-hydrogen) atoms. The van der Waals surface area contributed by atoms with Crippen LogP contribution in [0.5, 0.6) is 0 Å². The summed E-state index contributed by atoms with van der Waals surface area (Å²) in [6.07, 6.45) is -5.38. The Morgan fingerprint density at radius 1 is 1.10 bits per heavy atom. The van der Waals surface area contributed by atoms with Gasteiger partial charge in [0.15, 0.2) is 0 Å². The van der Waals surface area contributed by atoms with Crippen LogP contribution in [0.1, 0.15) is 48.6 Å². The molecule has 2 aromatic heterocycles. The van der Waals surface area contributed by atoms with Gasteiger partial charge in [0.1, 0.15) is 11.4 Å². The quantitative estimate of drug-likeness (QED) is 0.344. The maximum Gasteiger partial charge on any atom is 0.423 e. The SMILES string of the molecule is O=C(CCOC[C@@H](Nc1cn[nH]c(=O)c1C(F)(F)F)[C@H]1CCOC1)N1CCC(c2ncc(C(F)(F)F)cn2)CC1. The van der Waals surface area contributed by atoms with Gasteiger partial charge in [0.05, 0.1) is 49.7 Å². The van der Waals surface area contributed by atoms with Crippen LogP contribution in [0.4, 0.5) is 32.0 Å². The molecule has 0 radical (unpaired) electrons. The minimum Gasteiger partial charge on any atom is -0.381 e. The number of nitrogens with one attached hydrogen (secondary N) is 2. The molecule has 0 aromatic carbocycles. The summed E-state index contributed by atoms with van der Waals surface area (Å²) >= 11 is 0. The van der Waals surface area contributed by atoms with Gasteiger partial charge in [-0.05, 0) is 19.3 Å². The Bertz CT molecular complexity index is 1190. The Kier molecular flexibility index (Phi) is 9.28. The average Bonchev–Trinajstić information content (AvgIpc) is 3.44. The van der Waals surface area contributed by atoms with Crippen molar-refractivity contribution in [1.29, 1.82) is 0 Å². The highest BCUT2D eigenvalue weighted by Gasteiger charge is 2.39. The molecule has 220 valence electrons. The molecule has 2 aromatic rings. The molecular formula is C24H28F6N6O4. The van der Waals surface area contributed by atoms with E-state index in [1.165, 1.54) is 0 Å². The molecule has 2 saturated heterocycles. The normalized spacial score (nSPS) is 19.6. The fourth-order valence-electron chi connectivity index (χ4n) is 4.76. The van der Waals surface area contributed by atoms with Crippen LogP contribution in [0, 0.1) is 5.92 Å². The molecule has 0 spiro atoms. The van der Waals surface area contributed by atoms with E-state index in [0.29, 0.717) is 51.4 Å². The second kappa shape index (κ2) is 12.5. The molecule has 10 nitrogen and oxygen atoms in total. The van der Waals surface area contributed by atoms with Gasteiger partial charge in [0.25, 0.3) is 5.56 Å². The summed E-state index contributed by atoms with van der Waals surface area (Å²) in [5, 5.41) is 8.01. The van der Waals surface area contributed by atoms with Crippen LogP contribution in [0.3, 0.4) is 0 Å². The van der Waals surface area contributed by atoms with E-state index in [9.17, 15) is 35.9 Å². The number of carbonyl (C=O) groups is 1. The van der Waals surface area contributed by atoms with Gasteiger partial charge < -0.3 is 19.7 Å². The molecular weight excluding hydrogens is 550 g/mol. The number of piperidine rings is 1. The molecule has 2 N–H and O–H groups in total. The topological polar surface area (TPSA) is 122 Å². The molecule has 2 aliphatic heterocycles. The third-order valence-corrected chi connectivity index (χ3v) is 6.98. The van der Waals surface area contributed by atoms with Gasteiger partial charge in [0.2, 0.25) is 5.91 Å². The minimum absolute atomic E-state index is 0.0201. The van der Waals surface area contributed by atoms with Crippen molar-refractivity contribution in [3.63, 3.8) is 0 Å². The Balaban J connectivity index is 1.26. The van der Waals surface area contributed by atoms with Crippen molar-refractivity contribution in [2.45, 2.75) is 50.0 Å². The van der Waals surface area contributed by atoms with Crippen molar-refractivity contribution < 1.29 is 40.6 Å². The third-order valence-electron chi connectivity index (χ3n) is 6.98. The zero-order chi connectivity index (χ0) is 28.9. The van der Waals surface area contributed by atoms with E-state index >= 15 is 0 Å². The molecule has 1 amide bonds. The van der Waals surface area contributed by atoms with Crippen LogP contribution >= 0.6 is 0 Å². The number of carbonyl (C=O) groups excluding carboxylic acids is 1. The summed E-state index contributed by atoms with van der Waals surface area (Å²) in [6.45, 7) is 1.50. The molecule has 0 aliphatic carbocycles. The smallest absolute Gasteiger partial charge is 0.381 e. The molecule has 0 bridgehead atoms. The number of aromatic amines is 1. The molecule has 2 atom stereocenters. The number of ether oxygens (including phenoxy) is 2. The third kappa shape index (κ3) is 7.47. The van der Waals surface area contributed by atoms with Gasteiger partial charge in [-0.15, -0.1) is 0 Å². The summed E-state index contributed by atoms with van der Waals surface area (Å²) in [7, 11) is 0. The summed E-state index contributed by atoms with van der Waals surface area (Å²) in [6, 6.07) is -0.623. The highest BCUT2D eigenvalue weighted by Crippen LogP contribution is 2.33. The Labute approximate surface area is 224 Å². The van der Waals surface area contributed by atoms with Gasteiger partial charge in [-0.2, -0.15) is 31.4 Å². The number of hydrogen-bond acceptors (Lipinski definition) is 8. The largest absolute Gasteiger partial charge is 0.423 e. The zero-order valence-corrected chi connectivity index (χ0v) is 21.2. The predicted octanol–water partition coefficient (Wildman–Crippen LogP) is 3.23. The lowest BCUT2D eigenvalue weighted by Crippen LogP contribution is -2.39. The van der Waals surface area contributed by atoms with E-state index in [4.69, 9.17) is 9.47 Å². The van der Waals surface area contributed by atoms with E-state index in [-0.39, 0.29) is 37.4 Å². The number of rotatable bonds is 9. The Morgan fingerprint density at radius 3 is 2.40 bits per heavy atom. The highest BCUT2D eigenvalue weighted by molar-refractivity contribution is 5.76. The van der Waals surface area contributed by atoms with Crippen LogP contribution in [0.25, 0.3) is 0 Å². The minimum atomic E-state index is -4.89. The highest BCUT2D eigenvalue weighted by atomic mass is 19.4. The monoisotopic (exact) mass is 578 g/mol. The fraction of sp³-hybridized carbons (Fsp3) is 0.625. The summed E-state index contributed by atoms with van der Waals surface area (Å²) in [5.41, 5.74) is -4.13. The van der Waals surface area contributed by atoms with E-state index in [1.54, 1.807) is 10.00 Å². The molecule has 2 fully saturated rings.